The van der Waals surface area contributed by atoms with Crippen LogP contribution in [0, 0.1) is 13.8 Å². The first-order chi connectivity index (χ1) is 10.0. The lowest BCUT2D eigenvalue weighted by atomic mass is 10.2. The molecule has 0 bridgehead atoms. The number of aromatic nitrogens is 2. The largest absolute Gasteiger partial charge is 0.478 e. The van der Waals surface area contributed by atoms with Gasteiger partial charge in [-0.25, -0.2) is 9.78 Å². The molecule has 0 saturated heterocycles. The zero-order chi connectivity index (χ0) is 15.4. The Bertz CT molecular complexity index is 656. The molecular formula is C16H19N3O2. The summed E-state index contributed by atoms with van der Waals surface area (Å²) in [6.07, 6.45) is 0. The summed E-state index contributed by atoms with van der Waals surface area (Å²) in [5.74, 6) is -0.182. The highest BCUT2D eigenvalue weighted by molar-refractivity contribution is 5.89. The molecule has 0 radical (unpaired) electrons. The number of nitrogens with zero attached hydrogens (tertiary/aromatic N) is 3. The maximum absolute atomic E-state index is 11.0. The molecule has 0 saturated carbocycles. The quantitative estimate of drug-likeness (QED) is 0.915. The lowest BCUT2D eigenvalue weighted by Crippen LogP contribution is -2.24. The van der Waals surface area contributed by atoms with Gasteiger partial charge in [0, 0.05) is 12.2 Å². The molecule has 0 atom stereocenters. The van der Waals surface area contributed by atoms with Crippen LogP contribution in [0.15, 0.2) is 30.3 Å². The summed E-state index contributed by atoms with van der Waals surface area (Å²) < 4.78 is 0. The molecule has 2 heterocycles. The van der Waals surface area contributed by atoms with E-state index in [9.17, 15) is 4.79 Å². The molecule has 5 heteroatoms. The third-order valence-electron chi connectivity index (χ3n) is 3.31. The summed E-state index contributed by atoms with van der Waals surface area (Å²) >= 11 is 0. The molecule has 2 rings (SSSR count). The Balaban J connectivity index is 2.25. The number of rotatable bonds is 5. The van der Waals surface area contributed by atoms with Crippen LogP contribution < -0.4 is 4.90 Å². The summed E-state index contributed by atoms with van der Waals surface area (Å²) in [6.45, 7) is 7.14. The molecule has 110 valence electrons. The first-order valence-corrected chi connectivity index (χ1v) is 6.89. The standard InChI is InChI=1S/C16H19N3O2/c1-4-19(10-13-7-5-6-11(2)17-13)15-9-8-14(16(20)21)12(3)18-15/h5-9H,4,10H2,1-3H3,(H,20,21). The second-order valence-corrected chi connectivity index (χ2v) is 4.89. The van der Waals surface area contributed by atoms with Crippen molar-refractivity contribution in [2.75, 3.05) is 11.4 Å². The minimum atomic E-state index is -0.949. The molecule has 21 heavy (non-hydrogen) atoms. The zero-order valence-electron chi connectivity index (χ0n) is 12.5. The van der Waals surface area contributed by atoms with Gasteiger partial charge in [-0.1, -0.05) is 6.07 Å². The molecule has 1 N–H and O–H groups in total. The summed E-state index contributed by atoms with van der Waals surface area (Å²) in [4.78, 5) is 22.0. The van der Waals surface area contributed by atoms with Gasteiger partial charge in [0.25, 0.3) is 0 Å². The summed E-state index contributed by atoms with van der Waals surface area (Å²) in [5.41, 5.74) is 2.71. The van der Waals surface area contributed by atoms with Crippen molar-refractivity contribution in [2.24, 2.45) is 0 Å². The zero-order valence-corrected chi connectivity index (χ0v) is 12.5. The summed E-state index contributed by atoms with van der Waals surface area (Å²) in [7, 11) is 0. The fourth-order valence-corrected chi connectivity index (χ4v) is 2.19. The Morgan fingerprint density at radius 1 is 1.19 bits per heavy atom. The van der Waals surface area contributed by atoms with E-state index in [0.717, 1.165) is 23.8 Å². The van der Waals surface area contributed by atoms with E-state index in [-0.39, 0.29) is 5.56 Å². The van der Waals surface area contributed by atoms with Crippen LogP contribution in [-0.4, -0.2) is 27.6 Å². The second-order valence-electron chi connectivity index (χ2n) is 4.89. The minimum absolute atomic E-state index is 0.239. The number of hydrogen-bond donors (Lipinski definition) is 1. The first-order valence-electron chi connectivity index (χ1n) is 6.89. The molecule has 0 aliphatic heterocycles. The van der Waals surface area contributed by atoms with Gasteiger partial charge in [-0.15, -0.1) is 0 Å². The summed E-state index contributed by atoms with van der Waals surface area (Å²) in [5, 5.41) is 9.05. The third-order valence-corrected chi connectivity index (χ3v) is 3.31. The van der Waals surface area contributed by atoms with Crippen LogP contribution in [0.5, 0.6) is 0 Å². The van der Waals surface area contributed by atoms with Crippen LogP contribution in [0.2, 0.25) is 0 Å². The minimum Gasteiger partial charge on any atom is -0.478 e. The van der Waals surface area contributed by atoms with Crippen LogP contribution in [0.3, 0.4) is 0 Å². The van der Waals surface area contributed by atoms with E-state index in [1.165, 1.54) is 0 Å². The maximum Gasteiger partial charge on any atom is 0.337 e. The van der Waals surface area contributed by atoms with Gasteiger partial charge in [0.15, 0.2) is 0 Å². The maximum atomic E-state index is 11.0. The average Bonchev–Trinajstić information content (AvgIpc) is 2.44. The van der Waals surface area contributed by atoms with Crippen molar-refractivity contribution in [1.82, 2.24) is 9.97 Å². The van der Waals surface area contributed by atoms with Crippen molar-refractivity contribution >= 4 is 11.8 Å². The number of carbonyl (C=O) groups is 1. The average molecular weight is 285 g/mol. The number of aromatic carboxylic acids is 1. The Kier molecular flexibility index (Phi) is 4.52. The van der Waals surface area contributed by atoms with E-state index in [1.54, 1.807) is 19.1 Å². The molecular weight excluding hydrogens is 266 g/mol. The molecule has 0 aliphatic carbocycles. The Hall–Kier alpha value is -2.43. The van der Waals surface area contributed by atoms with Crippen molar-refractivity contribution < 1.29 is 9.90 Å². The molecule has 0 unspecified atom stereocenters. The van der Waals surface area contributed by atoms with Gasteiger partial charge in [-0.05, 0) is 45.0 Å². The van der Waals surface area contributed by atoms with E-state index in [4.69, 9.17) is 5.11 Å². The topological polar surface area (TPSA) is 66.3 Å². The SMILES string of the molecule is CCN(Cc1cccc(C)n1)c1ccc(C(=O)O)c(C)n1. The van der Waals surface area contributed by atoms with Crippen LogP contribution in [-0.2, 0) is 6.54 Å². The Morgan fingerprint density at radius 3 is 2.52 bits per heavy atom. The van der Waals surface area contributed by atoms with E-state index in [1.807, 2.05) is 32.0 Å². The molecule has 0 amide bonds. The normalized spacial score (nSPS) is 10.4. The number of anilines is 1. The number of carboxylic acid groups (broad SMARTS) is 1. The molecule has 2 aromatic heterocycles. The van der Waals surface area contributed by atoms with Crippen molar-refractivity contribution in [3.8, 4) is 0 Å². The number of carboxylic acids is 1. The summed E-state index contributed by atoms with van der Waals surface area (Å²) in [6, 6.07) is 9.28. The molecule has 2 aromatic rings. The van der Waals surface area contributed by atoms with Gasteiger partial charge in [-0.3, -0.25) is 4.98 Å². The van der Waals surface area contributed by atoms with Gasteiger partial charge in [0.1, 0.15) is 5.82 Å². The van der Waals surface area contributed by atoms with Crippen LogP contribution in [0.25, 0.3) is 0 Å². The van der Waals surface area contributed by atoms with Gasteiger partial charge in [-0.2, -0.15) is 0 Å². The third kappa shape index (κ3) is 3.56. The number of hydrogen-bond acceptors (Lipinski definition) is 4. The molecule has 0 aliphatic rings. The van der Waals surface area contributed by atoms with Crippen LogP contribution in [0.1, 0.15) is 34.4 Å². The monoisotopic (exact) mass is 285 g/mol. The second kappa shape index (κ2) is 6.35. The predicted octanol–water partition coefficient (Wildman–Crippen LogP) is 2.82. The molecule has 0 spiro atoms. The highest BCUT2D eigenvalue weighted by Crippen LogP contribution is 2.17. The van der Waals surface area contributed by atoms with Gasteiger partial charge in [0.2, 0.25) is 0 Å². The number of pyridine rings is 2. The van der Waals surface area contributed by atoms with Crippen LogP contribution in [0.4, 0.5) is 5.82 Å². The molecule has 5 nitrogen and oxygen atoms in total. The van der Waals surface area contributed by atoms with Gasteiger partial charge < -0.3 is 10.0 Å². The van der Waals surface area contributed by atoms with E-state index >= 15 is 0 Å². The van der Waals surface area contributed by atoms with Crippen LogP contribution >= 0.6 is 0 Å². The fraction of sp³-hybridized carbons (Fsp3) is 0.312. The lowest BCUT2D eigenvalue weighted by Gasteiger charge is -2.22. The van der Waals surface area contributed by atoms with Crippen molar-refractivity contribution in [3.63, 3.8) is 0 Å². The highest BCUT2D eigenvalue weighted by atomic mass is 16.4. The van der Waals surface area contributed by atoms with E-state index in [0.29, 0.717) is 12.2 Å². The smallest absolute Gasteiger partial charge is 0.337 e. The Labute approximate surface area is 124 Å². The highest BCUT2D eigenvalue weighted by Gasteiger charge is 2.12. The Morgan fingerprint density at radius 2 is 1.95 bits per heavy atom. The fourth-order valence-electron chi connectivity index (χ4n) is 2.19. The van der Waals surface area contributed by atoms with Gasteiger partial charge >= 0.3 is 5.97 Å². The lowest BCUT2D eigenvalue weighted by molar-refractivity contribution is 0.0695. The predicted molar refractivity (Wildman–Crippen MR) is 81.6 cm³/mol. The van der Waals surface area contributed by atoms with Crippen molar-refractivity contribution in [3.05, 3.63) is 53.0 Å². The number of aryl methyl sites for hydroxylation is 2. The van der Waals surface area contributed by atoms with Crippen molar-refractivity contribution in [2.45, 2.75) is 27.3 Å². The van der Waals surface area contributed by atoms with E-state index in [2.05, 4.69) is 14.9 Å². The van der Waals surface area contributed by atoms with Gasteiger partial charge in [0.05, 0.1) is 23.5 Å². The first kappa shape index (κ1) is 15.0. The van der Waals surface area contributed by atoms with E-state index < -0.39 is 5.97 Å². The molecule has 0 fully saturated rings. The van der Waals surface area contributed by atoms with Crippen molar-refractivity contribution in [1.29, 1.82) is 0 Å². The molecule has 0 aromatic carbocycles.